The van der Waals surface area contributed by atoms with Crippen LogP contribution in [-0.2, 0) is 19.6 Å². The SMILES string of the molecule is CCOC(=O)c1ccc(S(=O)(=O)NCCN2C(=O)SC(=Cc3ccc(F)cc3)C2=O)cc1. The van der Waals surface area contributed by atoms with E-state index in [1.807, 2.05) is 0 Å². The maximum Gasteiger partial charge on any atom is 0.338 e. The van der Waals surface area contributed by atoms with Crippen LogP contribution in [0, 0.1) is 5.82 Å². The number of hydrogen-bond donors (Lipinski definition) is 1. The van der Waals surface area contributed by atoms with E-state index in [0.717, 1.165) is 16.7 Å². The summed E-state index contributed by atoms with van der Waals surface area (Å²) in [5, 5.41) is -0.527. The molecule has 1 fully saturated rings. The molecule has 1 saturated heterocycles. The summed E-state index contributed by atoms with van der Waals surface area (Å²) in [4.78, 5) is 37.3. The van der Waals surface area contributed by atoms with Crippen molar-refractivity contribution in [1.82, 2.24) is 9.62 Å². The van der Waals surface area contributed by atoms with Gasteiger partial charge in [-0.1, -0.05) is 12.1 Å². The fourth-order valence-electron chi connectivity index (χ4n) is 2.76. The number of sulfonamides is 1. The highest BCUT2D eigenvalue weighted by Crippen LogP contribution is 2.31. The lowest BCUT2D eigenvalue weighted by Crippen LogP contribution is -2.37. The Morgan fingerprint density at radius 2 is 1.78 bits per heavy atom. The Hall–Kier alpha value is -3.02. The highest BCUT2D eigenvalue weighted by atomic mass is 32.2. The molecule has 8 nitrogen and oxygen atoms in total. The molecule has 32 heavy (non-hydrogen) atoms. The molecule has 2 aromatic rings. The highest BCUT2D eigenvalue weighted by molar-refractivity contribution is 8.18. The number of esters is 1. The minimum Gasteiger partial charge on any atom is -0.462 e. The number of amides is 2. The van der Waals surface area contributed by atoms with E-state index in [4.69, 9.17) is 4.74 Å². The Bertz CT molecular complexity index is 1160. The fourth-order valence-corrected chi connectivity index (χ4v) is 4.65. The van der Waals surface area contributed by atoms with Gasteiger partial charge in [0.15, 0.2) is 0 Å². The molecule has 168 valence electrons. The molecule has 0 aromatic heterocycles. The molecular formula is C21H19FN2O6S2. The van der Waals surface area contributed by atoms with Crippen LogP contribution in [-0.4, -0.2) is 50.1 Å². The molecule has 3 rings (SSSR count). The Balaban J connectivity index is 1.60. The number of hydrogen-bond acceptors (Lipinski definition) is 7. The Morgan fingerprint density at radius 3 is 2.41 bits per heavy atom. The maximum absolute atomic E-state index is 13.0. The third-order valence-electron chi connectivity index (χ3n) is 4.34. The number of nitrogens with one attached hydrogen (secondary N) is 1. The van der Waals surface area contributed by atoms with Gasteiger partial charge in [0, 0.05) is 13.1 Å². The number of benzene rings is 2. The quantitative estimate of drug-likeness (QED) is 0.459. The average Bonchev–Trinajstić information content (AvgIpc) is 3.03. The smallest absolute Gasteiger partial charge is 0.338 e. The minimum absolute atomic E-state index is 0.0732. The zero-order valence-corrected chi connectivity index (χ0v) is 18.5. The number of rotatable bonds is 8. The molecule has 1 aliphatic rings. The van der Waals surface area contributed by atoms with Crippen LogP contribution in [0.2, 0.25) is 0 Å². The maximum atomic E-state index is 13.0. The van der Waals surface area contributed by atoms with Crippen LogP contribution in [0.1, 0.15) is 22.8 Å². The van der Waals surface area contributed by atoms with Gasteiger partial charge in [0.1, 0.15) is 5.82 Å². The summed E-state index contributed by atoms with van der Waals surface area (Å²) in [7, 11) is -3.92. The predicted octanol–water partition coefficient (Wildman–Crippen LogP) is 3.02. The van der Waals surface area contributed by atoms with Crippen LogP contribution in [0.5, 0.6) is 0 Å². The molecule has 1 N–H and O–H groups in total. The van der Waals surface area contributed by atoms with Gasteiger partial charge < -0.3 is 4.74 Å². The fraction of sp³-hybridized carbons (Fsp3) is 0.190. The third kappa shape index (κ3) is 5.61. The van der Waals surface area contributed by atoms with Crippen molar-refractivity contribution in [3.8, 4) is 0 Å². The van der Waals surface area contributed by atoms with Crippen molar-refractivity contribution in [1.29, 1.82) is 0 Å². The lowest BCUT2D eigenvalue weighted by molar-refractivity contribution is -0.122. The van der Waals surface area contributed by atoms with Gasteiger partial charge in [0.25, 0.3) is 11.1 Å². The van der Waals surface area contributed by atoms with E-state index in [-0.39, 0.29) is 35.1 Å². The van der Waals surface area contributed by atoms with E-state index in [0.29, 0.717) is 5.56 Å². The summed E-state index contributed by atoms with van der Waals surface area (Å²) < 4.78 is 45.1. The second kappa shape index (κ2) is 10.1. The summed E-state index contributed by atoms with van der Waals surface area (Å²) in [6.45, 7) is 1.51. The predicted molar refractivity (Wildman–Crippen MR) is 117 cm³/mol. The Labute approximate surface area is 188 Å². The van der Waals surface area contributed by atoms with Gasteiger partial charge in [-0.2, -0.15) is 0 Å². The normalized spacial score (nSPS) is 15.4. The van der Waals surface area contributed by atoms with Gasteiger partial charge in [0.2, 0.25) is 10.0 Å². The van der Waals surface area contributed by atoms with Crippen LogP contribution in [0.15, 0.2) is 58.3 Å². The number of halogens is 1. The van der Waals surface area contributed by atoms with Gasteiger partial charge >= 0.3 is 5.97 Å². The van der Waals surface area contributed by atoms with Gasteiger partial charge in [0.05, 0.1) is 22.0 Å². The first kappa shape index (κ1) is 23.6. The Morgan fingerprint density at radius 1 is 1.12 bits per heavy atom. The van der Waals surface area contributed by atoms with Crippen molar-refractivity contribution in [3.63, 3.8) is 0 Å². The number of nitrogens with zero attached hydrogens (tertiary/aromatic N) is 1. The third-order valence-corrected chi connectivity index (χ3v) is 6.73. The second-order valence-electron chi connectivity index (χ2n) is 6.53. The molecule has 0 radical (unpaired) electrons. The number of carbonyl (C=O) groups is 3. The van der Waals surface area contributed by atoms with Crippen LogP contribution >= 0.6 is 11.8 Å². The summed E-state index contributed by atoms with van der Waals surface area (Å²) in [6, 6.07) is 10.6. The average molecular weight is 479 g/mol. The number of ether oxygens (including phenoxy) is 1. The largest absolute Gasteiger partial charge is 0.462 e. The molecular weight excluding hydrogens is 459 g/mol. The first-order valence-electron chi connectivity index (χ1n) is 9.49. The van der Waals surface area contributed by atoms with Crippen LogP contribution in [0.4, 0.5) is 9.18 Å². The van der Waals surface area contributed by atoms with Gasteiger partial charge in [-0.05, 0) is 66.7 Å². The zero-order valence-electron chi connectivity index (χ0n) is 16.9. The molecule has 0 aliphatic carbocycles. The van der Waals surface area contributed by atoms with Crippen molar-refractivity contribution in [2.24, 2.45) is 0 Å². The van der Waals surface area contributed by atoms with E-state index in [1.165, 1.54) is 54.6 Å². The van der Waals surface area contributed by atoms with Crippen molar-refractivity contribution in [2.45, 2.75) is 11.8 Å². The van der Waals surface area contributed by atoms with E-state index < -0.39 is 33.0 Å². The highest BCUT2D eigenvalue weighted by Gasteiger charge is 2.34. The van der Waals surface area contributed by atoms with E-state index in [9.17, 15) is 27.2 Å². The summed E-state index contributed by atoms with van der Waals surface area (Å²) in [6.07, 6.45) is 1.47. The molecule has 0 atom stereocenters. The van der Waals surface area contributed by atoms with Crippen LogP contribution in [0.3, 0.4) is 0 Å². The minimum atomic E-state index is -3.92. The molecule has 0 saturated carbocycles. The van der Waals surface area contributed by atoms with E-state index >= 15 is 0 Å². The standard InChI is InChI=1S/C21H19FN2O6S2/c1-2-30-20(26)15-5-9-17(10-6-15)32(28,29)23-11-12-24-19(25)18(31-21(24)27)13-14-3-7-16(22)8-4-14/h3-10,13,23H,2,11-12H2,1H3. The van der Waals surface area contributed by atoms with Crippen molar-refractivity contribution in [2.75, 3.05) is 19.7 Å². The molecule has 1 aliphatic heterocycles. The summed E-state index contributed by atoms with van der Waals surface area (Å²) in [5.74, 6) is -1.53. The molecule has 11 heteroatoms. The summed E-state index contributed by atoms with van der Waals surface area (Å²) >= 11 is 0.727. The van der Waals surface area contributed by atoms with Crippen molar-refractivity contribution in [3.05, 3.63) is 70.4 Å². The number of imide groups is 1. The molecule has 0 bridgehead atoms. The van der Waals surface area contributed by atoms with Crippen LogP contribution < -0.4 is 4.72 Å². The number of thioether (sulfide) groups is 1. The van der Waals surface area contributed by atoms with Crippen molar-refractivity contribution >= 4 is 45.0 Å². The van der Waals surface area contributed by atoms with Crippen molar-refractivity contribution < 1.29 is 31.9 Å². The molecule has 1 heterocycles. The zero-order chi connectivity index (χ0) is 23.3. The van der Waals surface area contributed by atoms with E-state index in [2.05, 4.69) is 4.72 Å². The van der Waals surface area contributed by atoms with E-state index in [1.54, 1.807) is 6.92 Å². The van der Waals surface area contributed by atoms with Gasteiger partial charge in [-0.15, -0.1) is 0 Å². The lowest BCUT2D eigenvalue weighted by Gasteiger charge is -2.13. The Kier molecular flexibility index (Phi) is 7.44. The topological polar surface area (TPSA) is 110 Å². The first-order valence-corrected chi connectivity index (χ1v) is 11.8. The number of carbonyl (C=O) groups excluding carboxylic acids is 3. The monoisotopic (exact) mass is 478 g/mol. The molecule has 0 unspecified atom stereocenters. The van der Waals surface area contributed by atoms with Crippen LogP contribution in [0.25, 0.3) is 6.08 Å². The first-order chi connectivity index (χ1) is 15.2. The van der Waals surface area contributed by atoms with Gasteiger partial charge in [-0.3, -0.25) is 14.5 Å². The molecule has 2 amide bonds. The molecule has 2 aromatic carbocycles. The van der Waals surface area contributed by atoms with Gasteiger partial charge in [-0.25, -0.2) is 22.3 Å². The second-order valence-corrected chi connectivity index (χ2v) is 9.29. The lowest BCUT2D eigenvalue weighted by atomic mass is 10.2. The molecule has 0 spiro atoms. The summed E-state index contributed by atoms with van der Waals surface area (Å²) in [5.41, 5.74) is 0.778.